The number of benzene rings is 1. The van der Waals surface area contributed by atoms with Crippen LogP contribution >= 0.6 is 11.8 Å². The lowest BCUT2D eigenvalue weighted by molar-refractivity contribution is -0.134. The predicted molar refractivity (Wildman–Crippen MR) is 98.3 cm³/mol. The van der Waals surface area contributed by atoms with Crippen molar-refractivity contribution in [3.63, 3.8) is 0 Å². The Hall–Kier alpha value is -1.49. The molecule has 1 saturated heterocycles. The Bertz CT molecular complexity index is 619. The molecule has 5 heteroatoms. The molecule has 0 aromatic heterocycles. The number of hydrogen-bond acceptors (Lipinski definition) is 3. The number of likely N-dealkylation sites (tertiary alicyclic amines) is 1. The molecule has 2 heterocycles. The SMILES string of the molecule is CCC(=O)N1CCC[C@@H](C(=O)N2CC[C@@H](C)Sc3ccccc32)C1. The Morgan fingerprint density at radius 3 is 2.79 bits per heavy atom. The average molecular weight is 346 g/mol. The Kier molecular flexibility index (Phi) is 5.49. The molecule has 0 spiro atoms. The topological polar surface area (TPSA) is 40.6 Å². The van der Waals surface area contributed by atoms with Crippen LogP contribution in [0.1, 0.15) is 39.5 Å². The second kappa shape index (κ2) is 7.60. The van der Waals surface area contributed by atoms with Crippen molar-refractivity contribution in [2.45, 2.75) is 49.7 Å². The number of para-hydroxylation sites is 1. The second-order valence-electron chi connectivity index (χ2n) is 6.71. The lowest BCUT2D eigenvalue weighted by atomic mass is 9.95. The van der Waals surface area contributed by atoms with Gasteiger partial charge < -0.3 is 9.80 Å². The summed E-state index contributed by atoms with van der Waals surface area (Å²) >= 11 is 1.85. The molecule has 4 nitrogen and oxygen atoms in total. The summed E-state index contributed by atoms with van der Waals surface area (Å²) < 4.78 is 0. The molecule has 0 aliphatic carbocycles. The third kappa shape index (κ3) is 3.61. The molecular weight excluding hydrogens is 320 g/mol. The van der Waals surface area contributed by atoms with Gasteiger partial charge in [0.1, 0.15) is 0 Å². The number of carbonyl (C=O) groups is 2. The van der Waals surface area contributed by atoms with E-state index in [-0.39, 0.29) is 17.7 Å². The number of rotatable bonds is 2. The van der Waals surface area contributed by atoms with Crippen molar-refractivity contribution in [1.29, 1.82) is 0 Å². The molecule has 1 aromatic rings. The summed E-state index contributed by atoms with van der Waals surface area (Å²) in [6.45, 7) is 6.24. The van der Waals surface area contributed by atoms with Crippen LogP contribution in [-0.2, 0) is 9.59 Å². The molecule has 0 unspecified atom stereocenters. The highest BCUT2D eigenvalue weighted by Gasteiger charge is 2.33. The molecule has 24 heavy (non-hydrogen) atoms. The fourth-order valence-electron chi connectivity index (χ4n) is 3.56. The van der Waals surface area contributed by atoms with Crippen LogP contribution in [0.2, 0.25) is 0 Å². The van der Waals surface area contributed by atoms with E-state index in [1.54, 1.807) is 0 Å². The Balaban J connectivity index is 1.80. The van der Waals surface area contributed by atoms with Crippen LogP contribution in [0.5, 0.6) is 0 Å². The zero-order valence-corrected chi connectivity index (χ0v) is 15.3. The van der Waals surface area contributed by atoms with Crippen molar-refractivity contribution in [1.82, 2.24) is 4.90 Å². The Labute approximate surface area is 148 Å². The molecule has 0 saturated carbocycles. The van der Waals surface area contributed by atoms with E-state index in [1.165, 1.54) is 4.90 Å². The van der Waals surface area contributed by atoms with Crippen LogP contribution in [0.3, 0.4) is 0 Å². The van der Waals surface area contributed by atoms with E-state index < -0.39 is 0 Å². The van der Waals surface area contributed by atoms with E-state index in [1.807, 2.05) is 40.6 Å². The number of carbonyl (C=O) groups excluding carboxylic acids is 2. The van der Waals surface area contributed by atoms with Gasteiger partial charge in [-0.25, -0.2) is 0 Å². The van der Waals surface area contributed by atoms with E-state index in [0.717, 1.165) is 38.0 Å². The maximum absolute atomic E-state index is 13.2. The quantitative estimate of drug-likeness (QED) is 0.822. The van der Waals surface area contributed by atoms with Gasteiger partial charge in [0.2, 0.25) is 11.8 Å². The first-order chi connectivity index (χ1) is 11.6. The summed E-state index contributed by atoms with van der Waals surface area (Å²) in [5.74, 6) is 0.277. The van der Waals surface area contributed by atoms with Gasteiger partial charge in [-0.3, -0.25) is 9.59 Å². The van der Waals surface area contributed by atoms with Crippen molar-refractivity contribution in [3.8, 4) is 0 Å². The molecule has 2 aliphatic rings. The molecule has 3 rings (SSSR count). The maximum Gasteiger partial charge on any atom is 0.231 e. The monoisotopic (exact) mass is 346 g/mol. The summed E-state index contributed by atoms with van der Waals surface area (Å²) in [5, 5.41) is 0.508. The molecule has 0 radical (unpaired) electrons. The fourth-order valence-corrected chi connectivity index (χ4v) is 4.68. The van der Waals surface area contributed by atoms with Gasteiger partial charge in [0.25, 0.3) is 0 Å². The van der Waals surface area contributed by atoms with E-state index in [4.69, 9.17) is 0 Å². The minimum atomic E-state index is -0.0688. The van der Waals surface area contributed by atoms with Crippen LogP contribution in [0, 0.1) is 5.92 Å². The van der Waals surface area contributed by atoms with Crippen molar-refractivity contribution in [2.75, 3.05) is 24.5 Å². The number of amides is 2. The van der Waals surface area contributed by atoms with Crippen LogP contribution < -0.4 is 4.90 Å². The minimum absolute atomic E-state index is 0.0688. The van der Waals surface area contributed by atoms with Crippen LogP contribution in [0.4, 0.5) is 5.69 Å². The number of thioether (sulfide) groups is 1. The molecule has 0 bridgehead atoms. The number of nitrogens with zero attached hydrogens (tertiary/aromatic N) is 2. The standard InChI is InChI=1S/C19H26N2O2S/c1-3-18(22)20-11-6-7-15(13-20)19(23)21-12-10-14(2)24-17-9-5-4-8-16(17)21/h4-5,8-9,14-15H,3,6-7,10-13H2,1-2H3/t14-,15-/m1/s1. The average Bonchev–Trinajstić information content (AvgIpc) is 2.78. The molecule has 1 aromatic carbocycles. The Morgan fingerprint density at radius 2 is 2.00 bits per heavy atom. The first-order valence-corrected chi connectivity index (χ1v) is 9.83. The number of piperidine rings is 1. The number of hydrogen-bond donors (Lipinski definition) is 0. The van der Waals surface area contributed by atoms with Crippen LogP contribution in [0.25, 0.3) is 0 Å². The van der Waals surface area contributed by atoms with Gasteiger partial charge in [0.15, 0.2) is 0 Å². The molecule has 130 valence electrons. The van der Waals surface area contributed by atoms with Gasteiger partial charge in [0.05, 0.1) is 11.6 Å². The van der Waals surface area contributed by atoms with E-state index in [0.29, 0.717) is 18.2 Å². The zero-order valence-electron chi connectivity index (χ0n) is 14.5. The smallest absolute Gasteiger partial charge is 0.231 e. The van der Waals surface area contributed by atoms with Crippen molar-refractivity contribution in [3.05, 3.63) is 24.3 Å². The van der Waals surface area contributed by atoms with Gasteiger partial charge >= 0.3 is 0 Å². The third-order valence-corrected chi connectivity index (χ3v) is 6.17. The summed E-state index contributed by atoms with van der Waals surface area (Å²) in [5.41, 5.74) is 1.04. The van der Waals surface area contributed by atoms with Crippen molar-refractivity contribution >= 4 is 29.3 Å². The Morgan fingerprint density at radius 1 is 1.21 bits per heavy atom. The lowest BCUT2D eigenvalue weighted by Gasteiger charge is -2.35. The largest absolute Gasteiger partial charge is 0.342 e. The molecule has 0 N–H and O–H groups in total. The van der Waals surface area contributed by atoms with E-state index in [2.05, 4.69) is 19.1 Å². The van der Waals surface area contributed by atoms with E-state index in [9.17, 15) is 9.59 Å². The van der Waals surface area contributed by atoms with Crippen molar-refractivity contribution < 1.29 is 9.59 Å². The first-order valence-electron chi connectivity index (χ1n) is 8.95. The van der Waals surface area contributed by atoms with Crippen molar-refractivity contribution in [2.24, 2.45) is 5.92 Å². The van der Waals surface area contributed by atoms with Gasteiger partial charge in [0, 0.05) is 36.2 Å². The molecule has 2 aliphatic heterocycles. The number of anilines is 1. The number of fused-ring (bicyclic) bond motifs is 1. The van der Waals surface area contributed by atoms with Crippen LogP contribution in [-0.4, -0.2) is 41.6 Å². The maximum atomic E-state index is 13.2. The third-order valence-electron chi connectivity index (χ3n) is 4.94. The van der Waals surface area contributed by atoms with E-state index >= 15 is 0 Å². The molecular formula is C19H26N2O2S. The predicted octanol–water partition coefficient (Wildman–Crippen LogP) is 3.55. The fraction of sp³-hybridized carbons (Fsp3) is 0.579. The van der Waals surface area contributed by atoms with Crippen LogP contribution in [0.15, 0.2) is 29.2 Å². The first kappa shape index (κ1) is 17.3. The highest BCUT2D eigenvalue weighted by Crippen LogP contribution is 2.38. The summed E-state index contributed by atoms with van der Waals surface area (Å²) in [6.07, 6.45) is 3.31. The summed E-state index contributed by atoms with van der Waals surface area (Å²) in [4.78, 5) is 30.2. The molecule has 2 amide bonds. The summed E-state index contributed by atoms with van der Waals surface area (Å²) in [7, 11) is 0. The second-order valence-corrected chi connectivity index (χ2v) is 8.19. The minimum Gasteiger partial charge on any atom is -0.342 e. The molecule has 2 atom stereocenters. The molecule has 1 fully saturated rings. The summed E-state index contributed by atoms with van der Waals surface area (Å²) in [6, 6.07) is 8.20. The van der Waals surface area contributed by atoms with Gasteiger partial charge in [-0.15, -0.1) is 11.8 Å². The van der Waals surface area contributed by atoms with Gasteiger partial charge in [-0.05, 0) is 31.4 Å². The van der Waals surface area contributed by atoms with Gasteiger partial charge in [-0.2, -0.15) is 0 Å². The highest BCUT2D eigenvalue weighted by molar-refractivity contribution is 8.00. The highest BCUT2D eigenvalue weighted by atomic mass is 32.2. The zero-order chi connectivity index (χ0) is 17.1. The normalized spacial score (nSPS) is 24.2. The lowest BCUT2D eigenvalue weighted by Crippen LogP contribution is -2.47. The van der Waals surface area contributed by atoms with Gasteiger partial charge in [-0.1, -0.05) is 26.0 Å².